The molecule has 0 radical (unpaired) electrons. The van der Waals surface area contributed by atoms with E-state index in [1.807, 2.05) is 0 Å². The van der Waals surface area contributed by atoms with Gasteiger partial charge in [0.25, 0.3) is 0 Å². The number of hydrogen-bond donors (Lipinski definition) is 1. The van der Waals surface area contributed by atoms with Gasteiger partial charge in [-0.25, -0.2) is 0 Å². The maximum absolute atomic E-state index is 3.93. The molecule has 2 fully saturated rings. The van der Waals surface area contributed by atoms with E-state index in [-0.39, 0.29) is 0 Å². The Labute approximate surface area is 101 Å². The molecule has 0 amide bonds. The molecule has 4 atom stereocenters. The Morgan fingerprint density at radius 3 is 2.38 bits per heavy atom. The van der Waals surface area contributed by atoms with Gasteiger partial charge in [-0.15, -0.1) is 0 Å². The predicted molar refractivity (Wildman–Crippen MR) is 70.5 cm³/mol. The van der Waals surface area contributed by atoms with E-state index in [1.165, 1.54) is 44.9 Å². The Kier molecular flexibility index (Phi) is 4.29. The standard InChI is InChI=1S/C15H29N/c1-4-13-9-10-15(11(13)2)16-12(3)14-7-5-6-8-14/h11-16H,4-10H2,1-3H3. The molecule has 94 valence electrons. The molecule has 0 aromatic carbocycles. The molecular weight excluding hydrogens is 194 g/mol. The fraction of sp³-hybridized carbons (Fsp3) is 1.00. The molecule has 2 saturated carbocycles. The fourth-order valence-corrected chi connectivity index (χ4v) is 3.99. The molecule has 0 spiro atoms. The molecule has 0 bridgehead atoms. The third-order valence-corrected chi connectivity index (χ3v) is 5.33. The van der Waals surface area contributed by atoms with Gasteiger partial charge in [-0.2, -0.15) is 0 Å². The maximum atomic E-state index is 3.93. The van der Waals surface area contributed by atoms with Crippen LogP contribution in [0.1, 0.15) is 65.7 Å². The van der Waals surface area contributed by atoms with Gasteiger partial charge in [0.1, 0.15) is 0 Å². The second-order valence-corrected chi connectivity index (χ2v) is 6.21. The van der Waals surface area contributed by atoms with Crippen molar-refractivity contribution < 1.29 is 0 Å². The minimum Gasteiger partial charge on any atom is -0.311 e. The second kappa shape index (κ2) is 5.53. The van der Waals surface area contributed by atoms with Gasteiger partial charge < -0.3 is 5.32 Å². The van der Waals surface area contributed by atoms with E-state index in [1.54, 1.807) is 0 Å². The minimum absolute atomic E-state index is 0.755. The summed E-state index contributed by atoms with van der Waals surface area (Å²) in [4.78, 5) is 0. The van der Waals surface area contributed by atoms with Crippen molar-refractivity contribution in [2.75, 3.05) is 0 Å². The summed E-state index contributed by atoms with van der Waals surface area (Å²) >= 11 is 0. The van der Waals surface area contributed by atoms with Crippen LogP contribution in [0.4, 0.5) is 0 Å². The van der Waals surface area contributed by atoms with Crippen LogP contribution in [0.5, 0.6) is 0 Å². The van der Waals surface area contributed by atoms with Crippen LogP contribution in [-0.4, -0.2) is 12.1 Å². The fourth-order valence-electron chi connectivity index (χ4n) is 3.99. The molecule has 4 unspecified atom stereocenters. The largest absolute Gasteiger partial charge is 0.311 e. The quantitative estimate of drug-likeness (QED) is 0.760. The molecule has 1 N–H and O–H groups in total. The maximum Gasteiger partial charge on any atom is 0.00980 e. The zero-order valence-corrected chi connectivity index (χ0v) is 11.3. The SMILES string of the molecule is CCC1CCC(NC(C)C2CCCC2)C1C. The lowest BCUT2D eigenvalue weighted by atomic mass is 9.92. The lowest BCUT2D eigenvalue weighted by Crippen LogP contribution is -2.42. The molecule has 0 aliphatic heterocycles. The first-order valence-electron chi connectivity index (χ1n) is 7.48. The summed E-state index contributed by atoms with van der Waals surface area (Å²) in [6.45, 7) is 7.23. The molecule has 1 nitrogen and oxygen atoms in total. The Morgan fingerprint density at radius 1 is 1.12 bits per heavy atom. The molecule has 16 heavy (non-hydrogen) atoms. The van der Waals surface area contributed by atoms with Gasteiger partial charge in [-0.3, -0.25) is 0 Å². The normalized spacial score (nSPS) is 38.1. The molecule has 0 heterocycles. The van der Waals surface area contributed by atoms with Gasteiger partial charge in [-0.1, -0.05) is 33.1 Å². The summed E-state index contributed by atoms with van der Waals surface area (Å²) in [5.41, 5.74) is 0. The summed E-state index contributed by atoms with van der Waals surface area (Å²) in [5, 5.41) is 3.93. The Morgan fingerprint density at radius 2 is 1.81 bits per heavy atom. The Hall–Kier alpha value is -0.0400. The summed E-state index contributed by atoms with van der Waals surface area (Å²) in [6.07, 6.45) is 10.1. The van der Waals surface area contributed by atoms with Crippen LogP contribution >= 0.6 is 0 Å². The van der Waals surface area contributed by atoms with Crippen molar-refractivity contribution >= 4 is 0 Å². The van der Waals surface area contributed by atoms with Crippen LogP contribution in [0.2, 0.25) is 0 Å². The summed E-state index contributed by atoms with van der Waals surface area (Å²) in [6, 6.07) is 1.56. The second-order valence-electron chi connectivity index (χ2n) is 6.21. The molecule has 0 aromatic rings. The minimum atomic E-state index is 0.755. The molecule has 2 aliphatic rings. The zero-order chi connectivity index (χ0) is 11.5. The van der Waals surface area contributed by atoms with Crippen molar-refractivity contribution in [1.29, 1.82) is 0 Å². The van der Waals surface area contributed by atoms with Crippen molar-refractivity contribution in [2.24, 2.45) is 17.8 Å². The van der Waals surface area contributed by atoms with E-state index < -0.39 is 0 Å². The molecule has 1 heteroatoms. The van der Waals surface area contributed by atoms with Gasteiger partial charge in [0.2, 0.25) is 0 Å². The average Bonchev–Trinajstić information content (AvgIpc) is 2.89. The van der Waals surface area contributed by atoms with E-state index in [0.29, 0.717) is 0 Å². The Bertz CT molecular complexity index is 207. The molecule has 2 aliphatic carbocycles. The van der Waals surface area contributed by atoms with Crippen LogP contribution in [-0.2, 0) is 0 Å². The van der Waals surface area contributed by atoms with Crippen LogP contribution in [0.3, 0.4) is 0 Å². The van der Waals surface area contributed by atoms with E-state index >= 15 is 0 Å². The smallest absolute Gasteiger partial charge is 0.00980 e. The third kappa shape index (κ3) is 2.61. The van der Waals surface area contributed by atoms with E-state index in [0.717, 1.165) is 29.8 Å². The molecule has 0 saturated heterocycles. The predicted octanol–water partition coefficient (Wildman–Crippen LogP) is 3.98. The zero-order valence-electron chi connectivity index (χ0n) is 11.3. The highest BCUT2D eigenvalue weighted by Gasteiger charge is 2.33. The van der Waals surface area contributed by atoms with Crippen molar-refractivity contribution in [3.63, 3.8) is 0 Å². The van der Waals surface area contributed by atoms with Crippen molar-refractivity contribution in [2.45, 2.75) is 77.8 Å². The van der Waals surface area contributed by atoms with Gasteiger partial charge in [0, 0.05) is 12.1 Å². The lowest BCUT2D eigenvalue weighted by molar-refractivity contribution is 0.285. The van der Waals surface area contributed by atoms with Crippen LogP contribution < -0.4 is 5.32 Å². The van der Waals surface area contributed by atoms with Crippen molar-refractivity contribution in [3.8, 4) is 0 Å². The van der Waals surface area contributed by atoms with E-state index in [4.69, 9.17) is 0 Å². The number of hydrogen-bond acceptors (Lipinski definition) is 1. The average molecular weight is 223 g/mol. The first-order valence-corrected chi connectivity index (χ1v) is 7.48. The molecular formula is C15H29N. The molecule has 2 rings (SSSR count). The topological polar surface area (TPSA) is 12.0 Å². The van der Waals surface area contributed by atoms with E-state index in [9.17, 15) is 0 Å². The van der Waals surface area contributed by atoms with Gasteiger partial charge in [0.05, 0.1) is 0 Å². The summed E-state index contributed by atoms with van der Waals surface area (Å²) in [5.74, 6) is 2.84. The van der Waals surface area contributed by atoms with Crippen LogP contribution in [0, 0.1) is 17.8 Å². The monoisotopic (exact) mass is 223 g/mol. The molecule has 0 aromatic heterocycles. The number of nitrogens with one attached hydrogen (secondary N) is 1. The third-order valence-electron chi connectivity index (χ3n) is 5.33. The van der Waals surface area contributed by atoms with Gasteiger partial charge in [0.15, 0.2) is 0 Å². The van der Waals surface area contributed by atoms with Gasteiger partial charge >= 0.3 is 0 Å². The summed E-state index contributed by atoms with van der Waals surface area (Å²) in [7, 11) is 0. The van der Waals surface area contributed by atoms with Crippen molar-refractivity contribution in [1.82, 2.24) is 5.32 Å². The summed E-state index contributed by atoms with van der Waals surface area (Å²) < 4.78 is 0. The number of rotatable bonds is 4. The van der Waals surface area contributed by atoms with Crippen molar-refractivity contribution in [3.05, 3.63) is 0 Å². The highest BCUT2D eigenvalue weighted by Crippen LogP contribution is 2.35. The lowest BCUT2D eigenvalue weighted by Gasteiger charge is -2.28. The van der Waals surface area contributed by atoms with Crippen LogP contribution in [0.25, 0.3) is 0 Å². The first kappa shape index (κ1) is 12.4. The van der Waals surface area contributed by atoms with Gasteiger partial charge in [-0.05, 0) is 50.4 Å². The first-order chi connectivity index (χ1) is 7.72. The van der Waals surface area contributed by atoms with Crippen LogP contribution in [0.15, 0.2) is 0 Å². The highest BCUT2D eigenvalue weighted by atomic mass is 15.0. The highest BCUT2D eigenvalue weighted by molar-refractivity contribution is 4.89. The Balaban J connectivity index is 1.80. The van der Waals surface area contributed by atoms with E-state index in [2.05, 4.69) is 26.1 Å².